The van der Waals surface area contributed by atoms with Crippen LogP contribution in [0.4, 0.5) is 0 Å². The Morgan fingerprint density at radius 3 is 2.84 bits per heavy atom. The van der Waals surface area contributed by atoms with Crippen molar-refractivity contribution in [2.24, 2.45) is 5.92 Å². The molecule has 19 heavy (non-hydrogen) atoms. The first-order valence-electron chi connectivity index (χ1n) is 6.30. The molecule has 2 aromatic rings. The second kappa shape index (κ2) is 6.57. The van der Waals surface area contributed by atoms with Crippen LogP contribution in [-0.4, -0.2) is 16.8 Å². The zero-order chi connectivity index (χ0) is 13.7. The summed E-state index contributed by atoms with van der Waals surface area (Å²) in [7, 11) is 0. The van der Waals surface area contributed by atoms with Gasteiger partial charge in [0.05, 0.1) is 6.61 Å². The third-order valence-corrected chi connectivity index (χ3v) is 2.85. The summed E-state index contributed by atoms with van der Waals surface area (Å²) in [5.41, 5.74) is 0.839. The van der Waals surface area contributed by atoms with Crippen molar-refractivity contribution < 1.29 is 9.15 Å². The maximum atomic E-state index is 5.70. The molecule has 0 saturated carbocycles. The number of hydrogen-bond acceptors (Lipinski definition) is 4. The summed E-state index contributed by atoms with van der Waals surface area (Å²) in [6.45, 7) is 5.05. The summed E-state index contributed by atoms with van der Waals surface area (Å²) >= 11 is 5.64. The molecule has 1 aromatic heterocycles. The molecule has 5 heteroatoms. The van der Waals surface area contributed by atoms with E-state index in [1.165, 1.54) is 0 Å². The molecule has 0 atom stereocenters. The maximum absolute atomic E-state index is 5.70. The molecule has 0 aliphatic heterocycles. The standard InChI is InChI=1S/C14H17ClN2O2/c1-10(2)6-7-18-12-5-3-4-11(8-12)14-17-16-13(9-15)19-14/h3-5,8,10H,6-7,9H2,1-2H3. The quantitative estimate of drug-likeness (QED) is 0.753. The maximum Gasteiger partial charge on any atom is 0.247 e. The molecule has 0 aliphatic carbocycles. The van der Waals surface area contributed by atoms with Gasteiger partial charge in [0, 0.05) is 5.56 Å². The van der Waals surface area contributed by atoms with E-state index in [1.807, 2.05) is 24.3 Å². The topological polar surface area (TPSA) is 48.2 Å². The number of rotatable bonds is 6. The van der Waals surface area contributed by atoms with Gasteiger partial charge < -0.3 is 9.15 Å². The van der Waals surface area contributed by atoms with Crippen LogP contribution in [0.1, 0.15) is 26.2 Å². The highest BCUT2D eigenvalue weighted by molar-refractivity contribution is 6.16. The van der Waals surface area contributed by atoms with Crippen LogP contribution in [0.25, 0.3) is 11.5 Å². The Kier molecular flexibility index (Phi) is 4.80. The van der Waals surface area contributed by atoms with E-state index in [0.29, 0.717) is 24.3 Å². The van der Waals surface area contributed by atoms with Crippen molar-refractivity contribution >= 4 is 11.6 Å². The van der Waals surface area contributed by atoms with Crippen LogP contribution in [0, 0.1) is 5.92 Å². The number of hydrogen-bond donors (Lipinski definition) is 0. The molecule has 0 unspecified atom stereocenters. The molecular formula is C14H17ClN2O2. The summed E-state index contributed by atoms with van der Waals surface area (Å²) in [5.74, 6) is 2.54. The SMILES string of the molecule is CC(C)CCOc1cccc(-c2nnc(CCl)o2)c1. The Bertz CT molecular complexity index is 526. The minimum absolute atomic E-state index is 0.220. The number of halogens is 1. The molecule has 0 N–H and O–H groups in total. The first-order valence-corrected chi connectivity index (χ1v) is 6.84. The van der Waals surface area contributed by atoms with Gasteiger partial charge >= 0.3 is 0 Å². The molecule has 0 spiro atoms. The molecule has 2 rings (SSSR count). The number of aromatic nitrogens is 2. The highest BCUT2D eigenvalue weighted by Crippen LogP contribution is 2.23. The van der Waals surface area contributed by atoms with E-state index < -0.39 is 0 Å². The highest BCUT2D eigenvalue weighted by atomic mass is 35.5. The average Bonchev–Trinajstić information content (AvgIpc) is 2.87. The van der Waals surface area contributed by atoms with Crippen LogP contribution < -0.4 is 4.74 Å². The molecule has 102 valence electrons. The van der Waals surface area contributed by atoms with Crippen molar-refractivity contribution in [3.8, 4) is 17.2 Å². The van der Waals surface area contributed by atoms with Crippen LogP contribution in [0.3, 0.4) is 0 Å². The third kappa shape index (κ3) is 3.96. The van der Waals surface area contributed by atoms with Gasteiger partial charge in [-0.2, -0.15) is 0 Å². The van der Waals surface area contributed by atoms with Gasteiger partial charge in [-0.15, -0.1) is 21.8 Å². The van der Waals surface area contributed by atoms with E-state index >= 15 is 0 Å². The molecule has 0 radical (unpaired) electrons. The van der Waals surface area contributed by atoms with Crippen molar-refractivity contribution in [2.75, 3.05) is 6.61 Å². The van der Waals surface area contributed by atoms with Gasteiger partial charge in [-0.25, -0.2) is 0 Å². The Morgan fingerprint density at radius 2 is 2.16 bits per heavy atom. The van der Waals surface area contributed by atoms with Crippen LogP contribution in [0.2, 0.25) is 0 Å². The monoisotopic (exact) mass is 280 g/mol. The van der Waals surface area contributed by atoms with Crippen molar-refractivity contribution in [1.29, 1.82) is 0 Å². The molecule has 4 nitrogen and oxygen atoms in total. The van der Waals surface area contributed by atoms with E-state index in [0.717, 1.165) is 17.7 Å². The molecule has 1 heterocycles. The van der Waals surface area contributed by atoms with Gasteiger partial charge in [0.2, 0.25) is 11.8 Å². The Morgan fingerprint density at radius 1 is 1.32 bits per heavy atom. The number of nitrogens with zero attached hydrogens (tertiary/aromatic N) is 2. The van der Waals surface area contributed by atoms with Gasteiger partial charge in [-0.3, -0.25) is 0 Å². The fourth-order valence-electron chi connectivity index (χ4n) is 1.56. The fourth-order valence-corrected chi connectivity index (χ4v) is 1.66. The fraction of sp³-hybridized carbons (Fsp3) is 0.429. The van der Waals surface area contributed by atoms with E-state index in [2.05, 4.69) is 24.0 Å². The van der Waals surface area contributed by atoms with E-state index in [9.17, 15) is 0 Å². The third-order valence-electron chi connectivity index (χ3n) is 2.63. The van der Waals surface area contributed by atoms with Gasteiger partial charge in [-0.1, -0.05) is 19.9 Å². The second-order valence-corrected chi connectivity index (χ2v) is 4.96. The summed E-state index contributed by atoms with van der Waals surface area (Å²) in [5, 5.41) is 7.79. The van der Waals surface area contributed by atoms with Gasteiger partial charge in [0.15, 0.2) is 0 Å². The lowest BCUT2D eigenvalue weighted by Gasteiger charge is -2.08. The van der Waals surface area contributed by atoms with Crippen LogP contribution in [0.15, 0.2) is 28.7 Å². The summed E-state index contributed by atoms with van der Waals surface area (Å²) in [6, 6.07) is 7.62. The lowest BCUT2D eigenvalue weighted by Crippen LogP contribution is -2.01. The van der Waals surface area contributed by atoms with Crippen molar-refractivity contribution in [3.63, 3.8) is 0 Å². The average molecular weight is 281 g/mol. The van der Waals surface area contributed by atoms with E-state index in [1.54, 1.807) is 0 Å². The van der Waals surface area contributed by atoms with Crippen LogP contribution in [0.5, 0.6) is 5.75 Å². The van der Waals surface area contributed by atoms with Crippen molar-refractivity contribution in [2.45, 2.75) is 26.1 Å². The van der Waals surface area contributed by atoms with Gasteiger partial charge in [0.25, 0.3) is 0 Å². The largest absolute Gasteiger partial charge is 0.494 e. The van der Waals surface area contributed by atoms with E-state index in [-0.39, 0.29) is 5.88 Å². The number of alkyl halides is 1. The zero-order valence-corrected chi connectivity index (χ0v) is 11.9. The lowest BCUT2D eigenvalue weighted by atomic mass is 10.1. The Balaban J connectivity index is 2.06. The number of ether oxygens (including phenoxy) is 1. The summed E-state index contributed by atoms with van der Waals surface area (Å²) in [4.78, 5) is 0. The van der Waals surface area contributed by atoms with E-state index in [4.69, 9.17) is 20.8 Å². The normalized spacial score (nSPS) is 10.9. The molecule has 0 bridgehead atoms. The first-order chi connectivity index (χ1) is 9.19. The van der Waals surface area contributed by atoms with Crippen LogP contribution in [-0.2, 0) is 5.88 Å². The first kappa shape index (κ1) is 13.9. The Hall–Kier alpha value is -1.55. The molecular weight excluding hydrogens is 264 g/mol. The van der Waals surface area contributed by atoms with Gasteiger partial charge in [-0.05, 0) is 30.5 Å². The Labute approximate surface area is 117 Å². The molecule has 0 fully saturated rings. The zero-order valence-electron chi connectivity index (χ0n) is 11.1. The van der Waals surface area contributed by atoms with Crippen LogP contribution >= 0.6 is 11.6 Å². The van der Waals surface area contributed by atoms with Crippen molar-refractivity contribution in [1.82, 2.24) is 10.2 Å². The predicted octanol–water partition coefficient (Wildman–Crippen LogP) is 3.90. The molecule has 0 saturated heterocycles. The molecule has 0 amide bonds. The second-order valence-electron chi connectivity index (χ2n) is 4.69. The summed E-state index contributed by atoms with van der Waals surface area (Å²) < 4.78 is 11.1. The summed E-state index contributed by atoms with van der Waals surface area (Å²) in [6.07, 6.45) is 1.03. The number of benzene rings is 1. The molecule has 0 aliphatic rings. The minimum atomic E-state index is 0.220. The minimum Gasteiger partial charge on any atom is -0.494 e. The lowest BCUT2D eigenvalue weighted by molar-refractivity contribution is 0.289. The van der Waals surface area contributed by atoms with Gasteiger partial charge in [0.1, 0.15) is 11.6 Å². The smallest absolute Gasteiger partial charge is 0.247 e. The highest BCUT2D eigenvalue weighted by Gasteiger charge is 2.08. The molecule has 1 aromatic carbocycles. The van der Waals surface area contributed by atoms with Crippen molar-refractivity contribution in [3.05, 3.63) is 30.2 Å². The predicted molar refractivity (Wildman–Crippen MR) is 74.2 cm³/mol.